The molecule has 1 aromatic rings. The standard InChI is InChI=1S/C5H7N3O/c6-1-4-2-7-5(9)8-3-4/h2-3H,1,6H2,(H,7,8,9). The molecule has 4 nitrogen and oxygen atoms in total. The van der Waals surface area contributed by atoms with Gasteiger partial charge >= 0.3 is 5.69 Å². The van der Waals surface area contributed by atoms with E-state index in [0.717, 1.165) is 5.56 Å². The second kappa shape index (κ2) is 2.41. The van der Waals surface area contributed by atoms with Crippen molar-refractivity contribution >= 4 is 0 Å². The lowest BCUT2D eigenvalue weighted by atomic mass is 10.4. The van der Waals surface area contributed by atoms with Gasteiger partial charge < -0.3 is 10.7 Å². The van der Waals surface area contributed by atoms with Crippen molar-refractivity contribution in [2.75, 3.05) is 0 Å². The second-order valence-corrected chi connectivity index (χ2v) is 1.63. The third-order valence-electron chi connectivity index (χ3n) is 0.964. The fourth-order valence-corrected chi connectivity index (χ4v) is 0.482. The highest BCUT2D eigenvalue weighted by Gasteiger charge is 1.85. The zero-order chi connectivity index (χ0) is 6.69. The van der Waals surface area contributed by atoms with Crippen LogP contribution in [-0.4, -0.2) is 9.97 Å². The van der Waals surface area contributed by atoms with E-state index < -0.39 is 0 Å². The Balaban J connectivity index is 3.02. The topological polar surface area (TPSA) is 71.8 Å². The van der Waals surface area contributed by atoms with Crippen LogP contribution in [0.5, 0.6) is 0 Å². The van der Waals surface area contributed by atoms with Gasteiger partial charge in [0.25, 0.3) is 0 Å². The molecular weight excluding hydrogens is 118 g/mol. The molecule has 0 radical (unpaired) electrons. The predicted octanol–water partition coefficient (Wildman–Crippen LogP) is -0.771. The molecule has 4 heteroatoms. The van der Waals surface area contributed by atoms with Crippen LogP contribution < -0.4 is 11.4 Å². The Bertz CT molecular complexity index is 222. The summed E-state index contributed by atoms with van der Waals surface area (Å²) in [4.78, 5) is 16.2. The Morgan fingerprint density at radius 1 is 1.78 bits per heavy atom. The van der Waals surface area contributed by atoms with Gasteiger partial charge in [-0.2, -0.15) is 0 Å². The number of nitrogens with two attached hydrogens (primary N) is 1. The first-order valence-corrected chi connectivity index (χ1v) is 2.56. The van der Waals surface area contributed by atoms with E-state index in [1.807, 2.05) is 0 Å². The van der Waals surface area contributed by atoms with Crippen molar-refractivity contribution in [3.63, 3.8) is 0 Å². The third kappa shape index (κ3) is 1.36. The highest BCUT2D eigenvalue weighted by molar-refractivity contribution is 5.00. The highest BCUT2D eigenvalue weighted by Crippen LogP contribution is 1.84. The largest absolute Gasteiger partial charge is 0.344 e. The van der Waals surface area contributed by atoms with Gasteiger partial charge in [-0.3, -0.25) is 0 Å². The summed E-state index contributed by atoms with van der Waals surface area (Å²) in [7, 11) is 0. The average Bonchev–Trinajstić information content (AvgIpc) is 1.90. The van der Waals surface area contributed by atoms with Gasteiger partial charge in [0, 0.05) is 24.5 Å². The summed E-state index contributed by atoms with van der Waals surface area (Å²) in [6.07, 6.45) is 3.01. The van der Waals surface area contributed by atoms with Crippen LogP contribution in [0.4, 0.5) is 0 Å². The van der Waals surface area contributed by atoms with Crippen molar-refractivity contribution < 1.29 is 0 Å². The minimum Gasteiger partial charge on any atom is -0.326 e. The van der Waals surface area contributed by atoms with Crippen LogP contribution in [0.25, 0.3) is 0 Å². The van der Waals surface area contributed by atoms with Gasteiger partial charge in [0.2, 0.25) is 0 Å². The number of aromatic amines is 1. The zero-order valence-corrected chi connectivity index (χ0v) is 4.79. The first-order valence-electron chi connectivity index (χ1n) is 2.56. The highest BCUT2D eigenvalue weighted by atomic mass is 16.1. The summed E-state index contributed by atoms with van der Waals surface area (Å²) in [6, 6.07) is 0. The molecule has 0 spiro atoms. The molecule has 0 atom stereocenters. The maximum absolute atomic E-state index is 10.3. The van der Waals surface area contributed by atoms with E-state index in [1.165, 1.54) is 6.20 Å². The molecule has 1 aromatic heterocycles. The Kier molecular flexibility index (Phi) is 1.60. The van der Waals surface area contributed by atoms with E-state index in [2.05, 4.69) is 9.97 Å². The summed E-state index contributed by atoms with van der Waals surface area (Å²) in [6.45, 7) is 0.407. The number of hydrogen-bond acceptors (Lipinski definition) is 3. The number of H-pyrrole nitrogens is 1. The molecule has 0 aromatic carbocycles. The molecule has 0 saturated carbocycles. The normalized spacial score (nSPS) is 9.44. The molecule has 0 saturated heterocycles. The van der Waals surface area contributed by atoms with Crippen LogP contribution in [0.3, 0.4) is 0 Å². The van der Waals surface area contributed by atoms with Gasteiger partial charge in [-0.15, -0.1) is 0 Å². The summed E-state index contributed by atoms with van der Waals surface area (Å²) in [5.41, 5.74) is 5.73. The quantitative estimate of drug-likeness (QED) is 0.517. The molecule has 1 heterocycles. The lowest BCUT2D eigenvalue weighted by Gasteiger charge is -1.89. The Morgan fingerprint density at radius 2 is 2.56 bits per heavy atom. The van der Waals surface area contributed by atoms with Gasteiger partial charge in [-0.1, -0.05) is 0 Å². The van der Waals surface area contributed by atoms with E-state index in [-0.39, 0.29) is 5.69 Å². The third-order valence-corrected chi connectivity index (χ3v) is 0.964. The molecule has 0 amide bonds. The SMILES string of the molecule is NCc1cnc(=O)[nH]c1. The van der Waals surface area contributed by atoms with E-state index in [0.29, 0.717) is 6.54 Å². The van der Waals surface area contributed by atoms with Gasteiger partial charge in [0.15, 0.2) is 0 Å². The molecule has 9 heavy (non-hydrogen) atoms. The van der Waals surface area contributed by atoms with Crippen LogP contribution in [0.15, 0.2) is 17.2 Å². The smallest absolute Gasteiger partial charge is 0.326 e. The van der Waals surface area contributed by atoms with Gasteiger partial charge in [-0.25, -0.2) is 9.78 Å². The summed E-state index contributed by atoms with van der Waals surface area (Å²) < 4.78 is 0. The number of hydrogen-bond donors (Lipinski definition) is 2. The van der Waals surface area contributed by atoms with E-state index >= 15 is 0 Å². The summed E-state index contributed by atoms with van der Waals surface area (Å²) in [5.74, 6) is 0. The molecular formula is C5H7N3O. The van der Waals surface area contributed by atoms with Crippen LogP contribution >= 0.6 is 0 Å². The van der Waals surface area contributed by atoms with Crippen molar-refractivity contribution in [3.8, 4) is 0 Å². The summed E-state index contributed by atoms with van der Waals surface area (Å²) in [5, 5.41) is 0. The Labute approximate surface area is 51.7 Å². The maximum Gasteiger partial charge on any atom is 0.344 e. The average molecular weight is 125 g/mol. The van der Waals surface area contributed by atoms with Gasteiger partial charge in [-0.05, 0) is 0 Å². The minimum atomic E-state index is -0.341. The maximum atomic E-state index is 10.3. The molecule has 0 fully saturated rings. The Morgan fingerprint density at radius 3 is 3.00 bits per heavy atom. The molecule has 0 aliphatic carbocycles. The van der Waals surface area contributed by atoms with Crippen LogP contribution in [0.2, 0.25) is 0 Å². The van der Waals surface area contributed by atoms with E-state index in [9.17, 15) is 4.79 Å². The van der Waals surface area contributed by atoms with Crippen molar-refractivity contribution in [2.24, 2.45) is 5.73 Å². The number of aromatic nitrogens is 2. The molecule has 0 aliphatic rings. The fourth-order valence-electron chi connectivity index (χ4n) is 0.482. The van der Waals surface area contributed by atoms with E-state index in [4.69, 9.17) is 5.73 Å². The monoisotopic (exact) mass is 125 g/mol. The van der Waals surface area contributed by atoms with Crippen molar-refractivity contribution in [1.82, 2.24) is 9.97 Å². The Hall–Kier alpha value is -1.16. The van der Waals surface area contributed by atoms with Gasteiger partial charge in [0.1, 0.15) is 0 Å². The number of nitrogens with zero attached hydrogens (tertiary/aromatic N) is 1. The van der Waals surface area contributed by atoms with Crippen LogP contribution in [0.1, 0.15) is 5.56 Å². The van der Waals surface area contributed by atoms with E-state index in [1.54, 1.807) is 6.20 Å². The molecule has 0 aliphatic heterocycles. The number of nitrogens with one attached hydrogen (secondary N) is 1. The lowest BCUT2D eigenvalue weighted by molar-refractivity contribution is 0.976. The zero-order valence-electron chi connectivity index (χ0n) is 4.79. The summed E-state index contributed by atoms with van der Waals surface area (Å²) >= 11 is 0. The first kappa shape index (κ1) is 5.97. The van der Waals surface area contributed by atoms with Crippen molar-refractivity contribution in [1.29, 1.82) is 0 Å². The lowest BCUT2D eigenvalue weighted by Crippen LogP contribution is -2.10. The predicted molar refractivity (Wildman–Crippen MR) is 32.7 cm³/mol. The number of rotatable bonds is 1. The molecule has 48 valence electrons. The van der Waals surface area contributed by atoms with Crippen LogP contribution in [0, 0.1) is 0 Å². The molecule has 0 unspecified atom stereocenters. The van der Waals surface area contributed by atoms with Crippen molar-refractivity contribution in [3.05, 3.63) is 28.4 Å². The molecule has 3 N–H and O–H groups in total. The second-order valence-electron chi connectivity index (χ2n) is 1.63. The van der Waals surface area contributed by atoms with Crippen LogP contribution in [-0.2, 0) is 6.54 Å². The molecule has 1 rings (SSSR count). The fraction of sp³-hybridized carbons (Fsp3) is 0.200. The van der Waals surface area contributed by atoms with Gasteiger partial charge in [0.05, 0.1) is 0 Å². The first-order chi connectivity index (χ1) is 4.33. The van der Waals surface area contributed by atoms with Crippen molar-refractivity contribution in [2.45, 2.75) is 6.54 Å². The molecule has 0 bridgehead atoms. The minimum absolute atomic E-state index is 0.341.